The van der Waals surface area contributed by atoms with Crippen molar-refractivity contribution < 1.29 is 14.7 Å². The van der Waals surface area contributed by atoms with E-state index in [9.17, 15) is 9.59 Å². The average molecular weight is 289 g/mol. The largest absolute Gasteiger partial charge is 0.481 e. The molecule has 0 spiro atoms. The van der Waals surface area contributed by atoms with E-state index in [4.69, 9.17) is 5.11 Å². The molecule has 0 bridgehead atoms. The minimum atomic E-state index is -0.904. The Morgan fingerprint density at radius 3 is 2.71 bits per heavy atom. The highest BCUT2D eigenvalue weighted by Gasteiger charge is 2.19. The van der Waals surface area contributed by atoms with E-state index in [0.717, 1.165) is 16.9 Å². The third-order valence-corrected chi connectivity index (χ3v) is 3.53. The number of hydrogen-bond acceptors (Lipinski definition) is 3. The highest BCUT2D eigenvalue weighted by atomic mass is 16.4. The second-order valence-corrected chi connectivity index (χ2v) is 5.25. The van der Waals surface area contributed by atoms with Gasteiger partial charge in [0.05, 0.1) is 17.0 Å². The van der Waals surface area contributed by atoms with E-state index in [1.54, 1.807) is 14.0 Å². The fraction of sp³-hybridized carbons (Fsp3) is 0.400. The molecule has 6 nitrogen and oxygen atoms in total. The van der Waals surface area contributed by atoms with Crippen LogP contribution in [0.1, 0.15) is 12.7 Å². The Labute approximate surface area is 123 Å². The Morgan fingerprint density at radius 2 is 2.05 bits per heavy atom. The maximum absolute atomic E-state index is 12.2. The van der Waals surface area contributed by atoms with E-state index in [-0.39, 0.29) is 19.0 Å². The van der Waals surface area contributed by atoms with Crippen molar-refractivity contribution in [2.75, 3.05) is 13.6 Å². The van der Waals surface area contributed by atoms with Gasteiger partial charge in [-0.25, -0.2) is 4.98 Å². The summed E-state index contributed by atoms with van der Waals surface area (Å²) in [5, 5.41) is 8.90. The summed E-state index contributed by atoms with van der Waals surface area (Å²) in [4.78, 5) is 29.0. The monoisotopic (exact) mass is 289 g/mol. The molecule has 0 saturated heterocycles. The van der Waals surface area contributed by atoms with Gasteiger partial charge in [-0.2, -0.15) is 0 Å². The number of fused-ring (bicyclic) bond motifs is 1. The molecule has 1 amide bonds. The molecule has 2 rings (SSSR count). The molecule has 21 heavy (non-hydrogen) atoms. The van der Waals surface area contributed by atoms with Gasteiger partial charge in [0.25, 0.3) is 0 Å². The van der Waals surface area contributed by atoms with Crippen molar-refractivity contribution >= 4 is 22.9 Å². The number of para-hydroxylation sites is 2. The Hall–Kier alpha value is -2.37. The molecule has 1 atom stereocenters. The zero-order valence-corrected chi connectivity index (χ0v) is 12.4. The average Bonchev–Trinajstić information content (AvgIpc) is 2.75. The molecular formula is C15H19N3O3. The number of carbonyl (C=O) groups excluding carboxylic acids is 1. The Balaban J connectivity index is 2.14. The first-order valence-electron chi connectivity index (χ1n) is 6.78. The first kappa shape index (κ1) is 15.0. The van der Waals surface area contributed by atoms with Crippen molar-refractivity contribution in [3.8, 4) is 0 Å². The number of carboxylic acid groups (broad SMARTS) is 1. The van der Waals surface area contributed by atoms with Crippen molar-refractivity contribution in [3.63, 3.8) is 0 Å². The van der Waals surface area contributed by atoms with Gasteiger partial charge >= 0.3 is 5.97 Å². The third kappa shape index (κ3) is 3.21. The number of aryl methyl sites for hydroxylation is 1. The maximum atomic E-state index is 12.2. The van der Waals surface area contributed by atoms with Gasteiger partial charge < -0.3 is 14.6 Å². The molecule has 112 valence electrons. The molecule has 6 heteroatoms. The predicted molar refractivity (Wildman–Crippen MR) is 78.9 cm³/mol. The minimum absolute atomic E-state index is 0.130. The SMILES string of the molecule is Cc1nc2ccccc2n1CC(=O)N(C)CC(C)C(=O)O. The molecule has 0 aliphatic rings. The number of carboxylic acids is 1. The Kier molecular flexibility index (Phi) is 4.26. The first-order chi connectivity index (χ1) is 9.90. The number of imidazole rings is 1. The lowest BCUT2D eigenvalue weighted by Gasteiger charge is -2.20. The highest BCUT2D eigenvalue weighted by molar-refractivity contribution is 5.81. The van der Waals surface area contributed by atoms with Gasteiger partial charge in [0.2, 0.25) is 5.91 Å². The summed E-state index contributed by atoms with van der Waals surface area (Å²) >= 11 is 0. The molecule has 1 unspecified atom stereocenters. The molecule has 1 heterocycles. The van der Waals surface area contributed by atoms with Crippen molar-refractivity contribution in [1.29, 1.82) is 0 Å². The number of benzene rings is 1. The van der Waals surface area contributed by atoms with Gasteiger partial charge in [-0.3, -0.25) is 9.59 Å². The summed E-state index contributed by atoms with van der Waals surface area (Å²) in [5.74, 6) is -0.850. The maximum Gasteiger partial charge on any atom is 0.308 e. The van der Waals surface area contributed by atoms with E-state index in [0.29, 0.717) is 0 Å². The number of nitrogens with zero attached hydrogens (tertiary/aromatic N) is 3. The number of carbonyl (C=O) groups is 2. The number of hydrogen-bond donors (Lipinski definition) is 1. The van der Waals surface area contributed by atoms with Crippen LogP contribution in [0.5, 0.6) is 0 Å². The summed E-state index contributed by atoms with van der Waals surface area (Å²) in [6.45, 7) is 3.80. The van der Waals surface area contributed by atoms with Crippen LogP contribution in [0.3, 0.4) is 0 Å². The van der Waals surface area contributed by atoms with Gasteiger partial charge in [0, 0.05) is 13.6 Å². The minimum Gasteiger partial charge on any atom is -0.481 e. The summed E-state index contributed by atoms with van der Waals surface area (Å²) in [6.07, 6.45) is 0. The van der Waals surface area contributed by atoms with Crippen LogP contribution in [0.4, 0.5) is 0 Å². The second kappa shape index (κ2) is 5.95. The van der Waals surface area contributed by atoms with Crippen LogP contribution < -0.4 is 0 Å². The zero-order chi connectivity index (χ0) is 15.6. The van der Waals surface area contributed by atoms with E-state index < -0.39 is 11.9 Å². The molecule has 0 aliphatic heterocycles. The molecule has 0 saturated carbocycles. The third-order valence-electron chi connectivity index (χ3n) is 3.53. The van der Waals surface area contributed by atoms with E-state index in [1.807, 2.05) is 35.8 Å². The van der Waals surface area contributed by atoms with E-state index >= 15 is 0 Å². The second-order valence-electron chi connectivity index (χ2n) is 5.25. The molecule has 0 radical (unpaired) electrons. The molecule has 0 aliphatic carbocycles. The van der Waals surface area contributed by atoms with Crippen molar-refractivity contribution in [2.24, 2.45) is 5.92 Å². The van der Waals surface area contributed by atoms with Crippen LogP contribution >= 0.6 is 0 Å². The quantitative estimate of drug-likeness (QED) is 0.905. The zero-order valence-electron chi connectivity index (χ0n) is 12.4. The number of rotatable bonds is 5. The van der Waals surface area contributed by atoms with Crippen LogP contribution in [0.25, 0.3) is 11.0 Å². The topological polar surface area (TPSA) is 75.4 Å². The van der Waals surface area contributed by atoms with Crippen LogP contribution in [-0.4, -0.2) is 45.0 Å². The number of aliphatic carboxylic acids is 1. The molecule has 0 fully saturated rings. The van der Waals surface area contributed by atoms with Gasteiger partial charge in [0.15, 0.2) is 0 Å². The Morgan fingerprint density at radius 1 is 1.38 bits per heavy atom. The van der Waals surface area contributed by atoms with Crippen LogP contribution in [0.2, 0.25) is 0 Å². The lowest BCUT2D eigenvalue weighted by Crippen LogP contribution is -2.35. The smallest absolute Gasteiger partial charge is 0.308 e. The summed E-state index contributed by atoms with van der Waals surface area (Å²) in [5.41, 5.74) is 1.76. The van der Waals surface area contributed by atoms with Crippen LogP contribution in [-0.2, 0) is 16.1 Å². The molecule has 1 aromatic heterocycles. The van der Waals surface area contributed by atoms with Crippen LogP contribution in [0, 0.1) is 12.8 Å². The number of amides is 1. The van der Waals surface area contributed by atoms with Gasteiger partial charge in [-0.15, -0.1) is 0 Å². The van der Waals surface area contributed by atoms with Gasteiger partial charge in [-0.1, -0.05) is 19.1 Å². The molecule has 2 aromatic rings. The lowest BCUT2D eigenvalue weighted by molar-refractivity contribution is -0.142. The highest BCUT2D eigenvalue weighted by Crippen LogP contribution is 2.15. The standard InChI is InChI=1S/C15H19N3O3/c1-10(15(20)21)8-17(3)14(19)9-18-11(2)16-12-6-4-5-7-13(12)18/h4-7,10H,8-9H2,1-3H3,(H,20,21). The number of aromatic nitrogens is 2. The predicted octanol–water partition coefficient (Wildman–Crippen LogP) is 1.52. The summed E-state index contributed by atoms with van der Waals surface area (Å²) in [6, 6.07) is 7.63. The van der Waals surface area contributed by atoms with Gasteiger partial charge in [-0.05, 0) is 19.1 Å². The van der Waals surface area contributed by atoms with E-state index in [1.165, 1.54) is 4.90 Å². The first-order valence-corrected chi connectivity index (χ1v) is 6.78. The van der Waals surface area contributed by atoms with Crippen molar-refractivity contribution in [1.82, 2.24) is 14.5 Å². The lowest BCUT2D eigenvalue weighted by atomic mass is 10.2. The van der Waals surface area contributed by atoms with Crippen molar-refractivity contribution in [3.05, 3.63) is 30.1 Å². The van der Waals surface area contributed by atoms with E-state index in [2.05, 4.69) is 4.98 Å². The normalized spacial score (nSPS) is 12.3. The molecular weight excluding hydrogens is 270 g/mol. The van der Waals surface area contributed by atoms with Crippen molar-refractivity contribution in [2.45, 2.75) is 20.4 Å². The molecule has 1 N–H and O–H groups in total. The van der Waals surface area contributed by atoms with Crippen LogP contribution in [0.15, 0.2) is 24.3 Å². The molecule has 1 aromatic carbocycles. The Bertz CT molecular complexity index is 678. The number of likely N-dealkylation sites (N-methyl/N-ethyl adjacent to an activating group) is 1. The summed E-state index contributed by atoms with van der Waals surface area (Å²) < 4.78 is 1.85. The fourth-order valence-corrected chi connectivity index (χ4v) is 2.24. The van der Waals surface area contributed by atoms with Gasteiger partial charge in [0.1, 0.15) is 12.4 Å². The fourth-order valence-electron chi connectivity index (χ4n) is 2.24. The summed E-state index contributed by atoms with van der Waals surface area (Å²) in [7, 11) is 1.62.